The highest BCUT2D eigenvalue weighted by atomic mass is 35.5. The van der Waals surface area contributed by atoms with Crippen molar-refractivity contribution >= 4 is 29.3 Å². The highest BCUT2D eigenvalue weighted by Crippen LogP contribution is 2.27. The first-order valence-corrected chi connectivity index (χ1v) is 9.68. The van der Waals surface area contributed by atoms with Gasteiger partial charge in [-0.3, -0.25) is 14.4 Å². The zero-order chi connectivity index (χ0) is 19.8. The van der Waals surface area contributed by atoms with E-state index in [2.05, 4.69) is 0 Å². The van der Waals surface area contributed by atoms with Crippen LogP contribution in [0.3, 0.4) is 0 Å². The van der Waals surface area contributed by atoms with Crippen molar-refractivity contribution in [2.45, 2.75) is 32.7 Å². The molecule has 3 amide bonds. The fourth-order valence-corrected chi connectivity index (χ4v) is 3.81. The Morgan fingerprint density at radius 2 is 1.56 bits per heavy atom. The van der Waals surface area contributed by atoms with Crippen LogP contribution in [0.2, 0.25) is 5.02 Å². The highest BCUT2D eigenvalue weighted by Gasteiger charge is 2.41. The lowest BCUT2D eigenvalue weighted by molar-refractivity contribution is -0.137. The van der Waals surface area contributed by atoms with Gasteiger partial charge < -0.3 is 14.7 Å². The minimum absolute atomic E-state index is 0.0219. The van der Waals surface area contributed by atoms with Gasteiger partial charge in [0.1, 0.15) is 0 Å². The molecular formula is C20H26ClN3O3. The van der Waals surface area contributed by atoms with Crippen LogP contribution in [0.25, 0.3) is 0 Å². The molecule has 1 unspecified atom stereocenters. The summed E-state index contributed by atoms with van der Waals surface area (Å²) in [5, 5.41) is 0.595. The second-order valence-corrected chi connectivity index (χ2v) is 8.64. The third-order valence-electron chi connectivity index (χ3n) is 5.25. The molecule has 2 saturated heterocycles. The molecular weight excluding hydrogens is 366 g/mol. The van der Waals surface area contributed by atoms with Crippen LogP contribution in [-0.2, 0) is 9.59 Å². The van der Waals surface area contributed by atoms with Crippen LogP contribution in [0.4, 0.5) is 0 Å². The molecule has 146 valence electrons. The van der Waals surface area contributed by atoms with Crippen LogP contribution in [-0.4, -0.2) is 70.7 Å². The molecule has 0 N–H and O–H groups in total. The van der Waals surface area contributed by atoms with Crippen LogP contribution in [0.1, 0.15) is 37.6 Å². The molecule has 1 aromatic rings. The SMILES string of the molecule is CC(C)(C)N1CC(C(=O)N2CCN(C(=O)c3ccc(Cl)cc3)CC2)CC1=O. The molecule has 6 nitrogen and oxygen atoms in total. The molecule has 3 rings (SSSR count). The Morgan fingerprint density at radius 1 is 1.00 bits per heavy atom. The molecule has 0 bridgehead atoms. The minimum atomic E-state index is -0.282. The average Bonchev–Trinajstić information content (AvgIpc) is 3.03. The fourth-order valence-electron chi connectivity index (χ4n) is 3.68. The number of benzene rings is 1. The van der Waals surface area contributed by atoms with Crippen LogP contribution in [0.15, 0.2) is 24.3 Å². The number of halogens is 1. The van der Waals surface area contributed by atoms with Gasteiger partial charge in [-0.05, 0) is 45.0 Å². The van der Waals surface area contributed by atoms with E-state index in [0.29, 0.717) is 43.3 Å². The van der Waals surface area contributed by atoms with Gasteiger partial charge >= 0.3 is 0 Å². The van der Waals surface area contributed by atoms with Gasteiger partial charge in [0.2, 0.25) is 11.8 Å². The molecule has 2 heterocycles. The van der Waals surface area contributed by atoms with Crippen LogP contribution >= 0.6 is 11.6 Å². The van der Waals surface area contributed by atoms with E-state index < -0.39 is 0 Å². The van der Waals surface area contributed by atoms with Crippen LogP contribution < -0.4 is 0 Å². The summed E-state index contributed by atoms with van der Waals surface area (Å²) in [5.74, 6) is -0.268. The number of hydrogen-bond acceptors (Lipinski definition) is 3. The number of likely N-dealkylation sites (tertiary alicyclic amines) is 1. The first-order chi connectivity index (χ1) is 12.7. The van der Waals surface area contributed by atoms with Crippen molar-refractivity contribution in [3.05, 3.63) is 34.9 Å². The maximum Gasteiger partial charge on any atom is 0.253 e. The van der Waals surface area contributed by atoms with Crippen molar-refractivity contribution in [3.63, 3.8) is 0 Å². The molecule has 0 saturated carbocycles. The van der Waals surface area contributed by atoms with Gasteiger partial charge in [-0.1, -0.05) is 11.6 Å². The number of nitrogens with zero attached hydrogens (tertiary/aromatic N) is 3. The number of carbonyl (C=O) groups excluding carboxylic acids is 3. The largest absolute Gasteiger partial charge is 0.339 e. The molecule has 1 aromatic carbocycles. The monoisotopic (exact) mass is 391 g/mol. The summed E-state index contributed by atoms with van der Waals surface area (Å²) in [7, 11) is 0. The predicted molar refractivity (Wildman–Crippen MR) is 104 cm³/mol. The fraction of sp³-hybridized carbons (Fsp3) is 0.550. The van der Waals surface area contributed by atoms with Gasteiger partial charge in [-0.2, -0.15) is 0 Å². The van der Waals surface area contributed by atoms with E-state index in [-0.39, 0.29) is 35.6 Å². The zero-order valence-corrected chi connectivity index (χ0v) is 16.8. The second kappa shape index (κ2) is 7.50. The zero-order valence-electron chi connectivity index (χ0n) is 16.1. The number of piperazine rings is 1. The molecule has 1 atom stereocenters. The summed E-state index contributed by atoms with van der Waals surface area (Å²) in [6, 6.07) is 6.83. The van der Waals surface area contributed by atoms with Crippen LogP contribution in [0.5, 0.6) is 0 Å². The third-order valence-corrected chi connectivity index (χ3v) is 5.51. The Kier molecular flexibility index (Phi) is 5.47. The lowest BCUT2D eigenvalue weighted by atomic mass is 10.1. The number of carbonyl (C=O) groups is 3. The van der Waals surface area contributed by atoms with Gasteiger partial charge in [0.05, 0.1) is 5.92 Å². The predicted octanol–water partition coefficient (Wildman–Crippen LogP) is 2.27. The van der Waals surface area contributed by atoms with Gasteiger partial charge in [0.25, 0.3) is 5.91 Å². The number of hydrogen-bond donors (Lipinski definition) is 0. The summed E-state index contributed by atoms with van der Waals surface area (Å²) in [6.45, 7) is 8.42. The topological polar surface area (TPSA) is 60.9 Å². The van der Waals surface area contributed by atoms with Gasteiger partial charge in [0, 0.05) is 55.3 Å². The van der Waals surface area contributed by atoms with Gasteiger partial charge in [0.15, 0.2) is 0 Å². The Labute approximate surface area is 165 Å². The minimum Gasteiger partial charge on any atom is -0.339 e. The molecule has 0 radical (unpaired) electrons. The summed E-state index contributed by atoms with van der Waals surface area (Å²) in [6.07, 6.45) is 0.278. The highest BCUT2D eigenvalue weighted by molar-refractivity contribution is 6.30. The maximum atomic E-state index is 12.8. The van der Waals surface area contributed by atoms with Crippen molar-refractivity contribution in [1.29, 1.82) is 0 Å². The molecule has 0 aromatic heterocycles. The summed E-state index contributed by atoms with van der Waals surface area (Å²) in [4.78, 5) is 43.0. The quantitative estimate of drug-likeness (QED) is 0.777. The summed E-state index contributed by atoms with van der Waals surface area (Å²) in [5.41, 5.74) is 0.330. The van der Waals surface area contributed by atoms with Gasteiger partial charge in [-0.25, -0.2) is 0 Å². The van der Waals surface area contributed by atoms with Crippen molar-refractivity contribution < 1.29 is 14.4 Å². The molecule has 2 aliphatic rings. The van der Waals surface area contributed by atoms with E-state index in [1.54, 1.807) is 39.0 Å². The lowest BCUT2D eigenvalue weighted by Crippen LogP contribution is -2.52. The summed E-state index contributed by atoms with van der Waals surface area (Å²) >= 11 is 5.87. The average molecular weight is 392 g/mol. The first kappa shape index (κ1) is 19.7. The van der Waals surface area contributed by atoms with E-state index in [9.17, 15) is 14.4 Å². The third kappa shape index (κ3) is 4.26. The van der Waals surface area contributed by atoms with Crippen LogP contribution in [0, 0.1) is 5.92 Å². The molecule has 0 spiro atoms. The molecule has 2 aliphatic heterocycles. The summed E-state index contributed by atoms with van der Waals surface area (Å²) < 4.78 is 0. The maximum absolute atomic E-state index is 12.8. The molecule has 7 heteroatoms. The first-order valence-electron chi connectivity index (χ1n) is 9.31. The number of amides is 3. The Bertz CT molecular complexity index is 734. The lowest BCUT2D eigenvalue weighted by Gasteiger charge is -2.36. The normalized spacial score (nSPS) is 21.0. The van der Waals surface area contributed by atoms with Crippen molar-refractivity contribution in [2.24, 2.45) is 5.92 Å². The Morgan fingerprint density at radius 3 is 2.07 bits per heavy atom. The number of rotatable bonds is 2. The van der Waals surface area contributed by atoms with E-state index in [1.165, 1.54) is 0 Å². The molecule has 0 aliphatic carbocycles. The van der Waals surface area contributed by atoms with E-state index in [4.69, 9.17) is 11.6 Å². The van der Waals surface area contributed by atoms with Crippen molar-refractivity contribution in [3.8, 4) is 0 Å². The standard InChI is InChI=1S/C20H26ClN3O3/c1-20(2,3)24-13-15(12-17(24)25)19(27)23-10-8-22(9-11-23)18(26)14-4-6-16(21)7-5-14/h4-7,15H,8-13H2,1-3H3. The van der Waals surface area contributed by atoms with Crippen molar-refractivity contribution in [1.82, 2.24) is 14.7 Å². The Hall–Kier alpha value is -2.08. The molecule has 27 heavy (non-hydrogen) atoms. The van der Waals surface area contributed by atoms with E-state index in [0.717, 1.165) is 0 Å². The second-order valence-electron chi connectivity index (χ2n) is 8.20. The van der Waals surface area contributed by atoms with E-state index in [1.807, 2.05) is 20.8 Å². The van der Waals surface area contributed by atoms with E-state index >= 15 is 0 Å². The smallest absolute Gasteiger partial charge is 0.253 e. The molecule has 2 fully saturated rings. The van der Waals surface area contributed by atoms with Gasteiger partial charge in [-0.15, -0.1) is 0 Å². The Balaban J connectivity index is 1.56. The van der Waals surface area contributed by atoms with Crippen molar-refractivity contribution in [2.75, 3.05) is 32.7 Å².